The summed E-state index contributed by atoms with van der Waals surface area (Å²) in [4.78, 5) is 64.0. The van der Waals surface area contributed by atoms with E-state index in [0.717, 1.165) is 11.6 Å². The van der Waals surface area contributed by atoms with E-state index >= 15 is 0 Å². The number of aliphatic carboxylic acids is 1. The number of benzene rings is 1. The second-order valence-corrected chi connectivity index (χ2v) is 7.30. The van der Waals surface area contributed by atoms with Crippen molar-refractivity contribution in [2.75, 3.05) is 13.1 Å². The minimum atomic E-state index is -1.02. The number of carboxylic acids is 1. The number of hydrogen-bond acceptors (Lipinski definition) is 8. The van der Waals surface area contributed by atoms with E-state index in [2.05, 4.69) is 15.3 Å². The number of nitro benzene ring substituents is 1. The molecule has 2 aliphatic rings. The topological polar surface area (TPSA) is 178 Å². The minimum absolute atomic E-state index is 0.0233. The summed E-state index contributed by atoms with van der Waals surface area (Å²) in [5, 5.41) is 23.3. The van der Waals surface area contributed by atoms with Crippen molar-refractivity contribution in [1.82, 2.24) is 20.2 Å². The summed E-state index contributed by atoms with van der Waals surface area (Å²) in [5.41, 5.74) is -0.459. The van der Waals surface area contributed by atoms with E-state index in [0.29, 0.717) is 18.5 Å². The van der Waals surface area contributed by atoms with Crippen LogP contribution >= 0.6 is 0 Å². The van der Waals surface area contributed by atoms with Crippen LogP contribution in [0.5, 0.6) is 0 Å². The van der Waals surface area contributed by atoms with Gasteiger partial charge in [0, 0.05) is 25.2 Å². The molecular weight excluding hydrogens is 398 g/mol. The van der Waals surface area contributed by atoms with Crippen molar-refractivity contribution in [3.63, 3.8) is 0 Å². The normalized spacial score (nSPS) is 21.1. The molecule has 0 radical (unpaired) electrons. The number of Topliss-reactive ketones (excluding diaryl/α,β-unsaturated/α-hetero) is 1. The van der Waals surface area contributed by atoms with Crippen molar-refractivity contribution in [3.8, 4) is 0 Å². The van der Waals surface area contributed by atoms with Crippen LogP contribution in [0.15, 0.2) is 33.4 Å². The molecule has 2 heterocycles. The molecule has 4 N–H and O–H groups in total. The van der Waals surface area contributed by atoms with Crippen molar-refractivity contribution in [2.45, 2.75) is 25.0 Å². The third-order valence-electron chi connectivity index (χ3n) is 5.28. The summed E-state index contributed by atoms with van der Waals surface area (Å²) in [5.74, 6) is -1.20. The van der Waals surface area contributed by atoms with Crippen LogP contribution in [0.1, 0.15) is 12.0 Å². The van der Waals surface area contributed by atoms with E-state index in [4.69, 9.17) is 5.11 Å². The van der Waals surface area contributed by atoms with Crippen LogP contribution in [0.25, 0.3) is 11.0 Å². The third kappa shape index (κ3) is 3.53. The summed E-state index contributed by atoms with van der Waals surface area (Å²) in [6.07, 6.45) is 2.17. The van der Waals surface area contributed by atoms with Crippen LogP contribution in [0.2, 0.25) is 0 Å². The van der Waals surface area contributed by atoms with Gasteiger partial charge >= 0.3 is 17.1 Å². The SMILES string of the molecule is O=C(O)CN1CC2=CC1C(=O)C(NCc1cc([N+](=O)[O-])cc3[nH]c(=O)c(=O)[nH]c13)C2. The highest BCUT2D eigenvalue weighted by Crippen LogP contribution is 2.28. The van der Waals surface area contributed by atoms with Crippen molar-refractivity contribution in [3.05, 3.63) is 60.2 Å². The Balaban J connectivity index is 1.60. The number of hydrogen-bond donors (Lipinski definition) is 4. The lowest BCUT2D eigenvalue weighted by atomic mass is 9.93. The van der Waals surface area contributed by atoms with Gasteiger partial charge in [-0.1, -0.05) is 11.6 Å². The zero-order chi connectivity index (χ0) is 21.6. The highest BCUT2D eigenvalue weighted by atomic mass is 16.6. The predicted molar refractivity (Wildman–Crippen MR) is 103 cm³/mol. The Bertz CT molecular complexity index is 1230. The molecule has 2 aromatic rings. The molecule has 0 spiro atoms. The molecule has 30 heavy (non-hydrogen) atoms. The number of nitrogens with one attached hydrogen (secondary N) is 3. The van der Waals surface area contributed by atoms with Crippen molar-refractivity contribution in [2.24, 2.45) is 0 Å². The molecule has 0 saturated heterocycles. The van der Waals surface area contributed by atoms with E-state index in [1.165, 1.54) is 6.07 Å². The third-order valence-corrected chi connectivity index (χ3v) is 5.28. The maximum absolute atomic E-state index is 12.8. The number of non-ortho nitro benzene ring substituents is 1. The van der Waals surface area contributed by atoms with E-state index in [9.17, 15) is 29.3 Å². The molecule has 1 aliphatic heterocycles. The van der Waals surface area contributed by atoms with Gasteiger partial charge in [-0.05, 0) is 12.0 Å². The Labute approximate surface area is 167 Å². The first-order valence-corrected chi connectivity index (χ1v) is 9.09. The maximum atomic E-state index is 12.8. The Kier molecular flexibility index (Phi) is 4.79. The van der Waals surface area contributed by atoms with E-state index in [1.54, 1.807) is 11.0 Å². The van der Waals surface area contributed by atoms with Crippen LogP contribution in [-0.2, 0) is 16.1 Å². The molecule has 0 fully saturated rings. The Morgan fingerprint density at radius 3 is 2.70 bits per heavy atom. The Hall–Kier alpha value is -3.64. The molecule has 2 bridgehead atoms. The zero-order valence-electron chi connectivity index (χ0n) is 15.5. The fourth-order valence-electron chi connectivity index (χ4n) is 3.96. The van der Waals surface area contributed by atoms with Gasteiger partial charge in [0.1, 0.15) is 0 Å². The smallest absolute Gasteiger partial charge is 0.317 e. The number of likely N-dealkylation sites (tertiary alicyclic amines) is 1. The fraction of sp³-hybridized carbons (Fsp3) is 0.333. The number of rotatable bonds is 6. The second-order valence-electron chi connectivity index (χ2n) is 7.30. The molecule has 0 amide bonds. The number of H-pyrrole nitrogens is 2. The molecule has 2 atom stereocenters. The monoisotopic (exact) mass is 415 g/mol. The lowest BCUT2D eigenvalue weighted by Crippen LogP contribution is -2.47. The van der Waals surface area contributed by atoms with E-state index < -0.39 is 34.1 Å². The van der Waals surface area contributed by atoms with Gasteiger partial charge in [0.2, 0.25) is 0 Å². The highest BCUT2D eigenvalue weighted by molar-refractivity contribution is 5.93. The van der Waals surface area contributed by atoms with Gasteiger partial charge < -0.3 is 20.4 Å². The summed E-state index contributed by atoms with van der Waals surface area (Å²) in [7, 11) is 0. The van der Waals surface area contributed by atoms with Crippen LogP contribution in [-0.4, -0.2) is 61.8 Å². The fourth-order valence-corrected chi connectivity index (χ4v) is 3.96. The van der Waals surface area contributed by atoms with Crippen LogP contribution in [0.3, 0.4) is 0 Å². The van der Waals surface area contributed by atoms with Gasteiger partial charge in [0.15, 0.2) is 5.78 Å². The predicted octanol–water partition coefficient (Wildman–Crippen LogP) is -0.749. The molecule has 0 saturated carbocycles. The number of carboxylic acid groups (broad SMARTS) is 1. The maximum Gasteiger partial charge on any atom is 0.317 e. The molecule has 12 nitrogen and oxygen atoms in total. The molecule has 4 rings (SSSR count). The lowest BCUT2D eigenvalue weighted by molar-refractivity contribution is -0.384. The first-order chi connectivity index (χ1) is 14.2. The van der Waals surface area contributed by atoms with Crippen LogP contribution in [0.4, 0.5) is 5.69 Å². The average molecular weight is 415 g/mol. The first-order valence-electron chi connectivity index (χ1n) is 9.09. The van der Waals surface area contributed by atoms with Gasteiger partial charge in [-0.15, -0.1) is 0 Å². The minimum Gasteiger partial charge on any atom is -0.480 e. The highest BCUT2D eigenvalue weighted by Gasteiger charge is 2.40. The second kappa shape index (κ2) is 7.31. The lowest BCUT2D eigenvalue weighted by Gasteiger charge is -2.25. The number of carbonyl (C=O) groups is 2. The van der Waals surface area contributed by atoms with E-state index in [-0.39, 0.29) is 35.6 Å². The van der Waals surface area contributed by atoms with Gasteiger partial charge in [0.25, 0.3) is 5.69 Å². The molecule has 156 valence electrons. The molecular formula is C18H17N5O7. The van der Waals surface area contributed by atoms with Crippen LogP contribution in [0, 0.1) is 10.1 Å². The van der Waals surface area contributed by atoms with Crippen molar-refractivity contribution in [1.29, 1.82) is 0 Å². The Morgan fingerprint density at radius 2 is 2.00 bits per heavy atom. The molecule has 1 aliphatic carbocycles. The quantitative estimate of drug-likeness (QED) is 0.204. The largest absolute Gasteiger partial charge is 0.480 e. The van der Waals surface area contributed by atoms with Crippen molar-refractivity contribution >= 4 is 28.5 Å². The number of carbonyl (C=O) groups excluding carboxylic acids is 1. The number of ketones is 1. The summed E-state index contributed by atoms with van der Waals surface area (Å²) in [6, 6.07) is 1.19. The van der Waals surface area contributed by atoms with E-state index in [1.807, 2.05) is 0 Å². The van der Waals surface area contributed by atoms with Gasteiger partial charge in [0.05, 0.1) is 34.6 Å². The number of aromatic amines is 2. The number of nitro groups is 1. The van der Waals surface area contributed by atoms with Gasteiger partial charge in [-0.25, -0.2) is 0 Å². The summed E-state index contributed by atoms with van der Waals surface area (Å²) >= 11 is 0. The first kappa shape index (κ1) is 19.7. The average Bonchev–Trinajstić information content (AvgIpc) is 3.01. The summed E-state index contributed by atoms with van der Waals surface area (Å²) < 4.78 is 0. The van der Waals surface area contributed by atoms with Crippen molar-refractivity contribution < 1.29 is 19.6 Å². The standard InChI is InChI=1S/C18H17N5O7/c24-14(25)7-22-6-8-1-12(16(26)13(22)2-8)19-5-9-3-10(23(29)30)4-11-15(9)21-18(28)17(27)20-11/h2-4,12-13,19H,1,5-7H2,(H,20,27)(H,21,28)(H,24,25). The number of nitrogens with zero attached hydrogens (tertiary/aromatic N) is 2. The van der Waals surface area contributed by atoms with Gasteiger partial charge in [-0.2, -0.15) is 0 Å². The van der Waals surface area contributed by atoms with Crippen LogP contribution < -0.4 is 16.4 Å². The zero-order valence-corrected chi connectivity index (χ0v) is 15.5. The number of aromatic nitrogens is 2. The van der Waals surface area contributed by atoms with Gasteiger partial charge in [-0.3, -0.25) is 34.2 Å². The summed E-state index contributed by atoms with van der Waals surface area (Å²) in [6.45, 7) is 0.178. The molecule has 1 aromatic carbocycles. The Morgan fingerprint density at radius 1 is 1.27 bits per heavy atom. The molecule has 1 aromatic heterocycles. The molecule has 12 heteroatoms. The number of fused-ring (bicyclic) bond motifs is 2. The molecule has 2 unspecified atom stereocenters.